The molecule has 1 aromatic carbocycles. The second-order valence-corrected chi connectivity index (χ2v) is 8.97. The van der Waals surface area contributed by atoms with E-state index in [4.69, 9.17) is 4.42 Å². The summed E-state index contributed by atoms with van der Waals surface area (Å²) >= 11 is 0. The van der Waals surface area contributed by atoms with E-state index >= 15 is 0 Å². The van der Waals surface area contributed by atoms with Gasteiger partial charge < -0.3 is 14.2 Å². The van der Waals surface area contributed by atoms with E-state index in [1.807, 2.05) is 24.9 Å². The van der Waals surface area contributed by atoms with E-state index in [2.05, 4.69) is 38.7 Å². The Morgan fingerprint density at radius 3 is 2.44 bits per heavy atom. The molecular weight excluding hydrogens is 340 g/mol. The lowest BCUT2D eigenvalue weighted by atomic mass is 10.0. The lowest BCUT2D eigenvalue weighted by molar-refractivity contribution is -0.131. The molecule has 1 amide bonds. The third-order valence-corrected chi connectivity index (χ3v) is 5.47. The second kappa shape index (κ2) is 7.12. The normalized spacial score (nSPS) is 18.1. The van der Waals surface area contributed by atoms with E-state index in [1.54, 1.807) is 6.07 Å². The van der Waals surface area contributed by atoms with Gasteiger partial charge in [-0.1, -0.05) is 0 Å². The predicted octanol–water partition coefficient (Wildman–Crippen LogP) is 3.49. The van der Waals surface area contributed by atoms with Gasteiger partial charge in [-0.2, -0.15) is 0 Å². The number of rotatable bonds is 4. The van der Waals surface area contributed by atoms with Crippen LogP contribution in [0.15, 0.2) is 27.4 Å². The van der Waals surface area contributed by atoms with Crippen molar-refractivity contribution in [3.63, 3.8) is 0 Å². The molecule has 0 N–H and O–H groups in total. The van der Waals surface area contributed by atoms with Gasteiger partial charge in [0.25, 0.3) is 0 Å². The number of amides is 1. The zero-order valence-corrected chi connectivity index (χ0v) is 17.3. The molecule has 1 aromatic heterocycles. The number of hydrogen-bond acceptors (Lipinski definition) is 4. The highest BCUT2D eigenvalue weighted by atomic mass is 16.4. The largest absolute Gasteiger partial charge is 0.423 e. The monoisotopic (exact) mass is 370 g/mol. The number of benzene rings is 1. The Balaban J connectivity index is 1.77. The molecule has 0 spiro atoms. The van der Waals surface area contributed by atoms with Crippen LogP contribution >= 0.6 is 0 Å². The second-order valence-electron chi connectivity index (χ2n) is 8.97. The average molecular weight is 370 g/mol. The Kier molecular flexibility index (Phi) is 5.17. The first-order valence-corrected chi connectivity index (χ1v) is 9.57. The molecule has 1 fully saturated rings. The van der Waals surface area contributed by atoms with Crippen LogP contribution < -0.4 is 5.63 Å². The van der Waals surface area contributed by atoms with Gasteiger partial charge in [-0.15, -0.1) is 0 Å². The fraction of sp³-hybridized carbons (Fsp3) is 0.545. The van der Waals surface area contributed by atoms with Crippen LogP contribution in [0.3, 0.4) is 0 Å². The Morgan fingerprint density at radius 1 is 1.15 bits per heavy atom. The van der Waals surface area contributed by atoms with E-state index in [1.165, 1.54) is 5.56 Å². The molecule has 27 heavy (non-hydrogen) atoms. The molecule has 5 nitrogen and oxygen atoms in total. The summed E-state index contributed by atoms with van der Waals surface area (Å²) in [6.07, 6.45) is 0.595. The van der Waals surface area contributed by atoms with Crippen LogP contribution in [0.5, 0.6) is 0 Å². The van der Waals surface area contributed by atoms with Gasteiger partial charge in [0.05, 0.1) is 0 Å². The van der Waals surface area contributed by atoms with Crippen molar-refractivity contribution in [2.75, 3.05) is 20.1 Å². The highest BCUT2D eigenvalue weighted by Gasteiger charge is 2.36. The smallest absolute Gasteiger partial charge is 0.336 e. The Morgan fingerprint density at radius 2 is 1.81 bits per heavy atom. The quantitative estimate of drug-likeness (QED) is 0.773. The van der Waals surface area contributed by atoms with Crippen molar-refractivity contribution in [1.82, 2.24) is 9.80 Å². The third kappa shape index (κ3) is 4.24. The first-order chi connectivity index (χ1) is 12.5. The summed E-state index contributed by atoms with van der Waals surface area (Å²) in [6.45, 7) is 12.6. The molecule has 1 aliphatic rings. The molecule has 1 atom stereocenters. The topological polar surface area (TPSA) is 53.8 Å². The number of fused-ring (bicyclic) bond motifs is 1. The first-order valence-electron chi connectivity index (χ1n) is 9.57. The number of hydrogen-bond donors (Lipinski definition) is 0. The summed E-state index contributed by atoms with van der Waals surface area (Å²) < 4.78 is 5.39. The lowest BCUT2D eigenvalue weighted by Crippen LogP contribution is -2.42. The van der Waals surface area contributed by atoms with Gasteiger partial charge in [0.15, 0.2) is 0 Å². The summed E-state index contributed by atoms with van der Waals surface area (Å²) in [5.74, 6) is 0.551. The van der Waals surface area contributed by atoms with E-state index in [0.29, 0.717) is 24.5 Å². The van der Waals surface area contributed by atoms with E-state index < -0.39 is 0 Å². The standard InChI is InChI=1S/C22H30N2O3/c1-14-7-18-17(10-21(26)27-19(18)8-15(14)2)13-23(6)11-16-9-20(25)24(12-16)22(3,4)5/h7-8,10,16H,9,11-13H2,1-6H3. The average Bonchev–Trinajstić information content (AvgIpc) is 2.89. The molecule has 3 rings (SSSR count). The Labute approximate surface area is 160 Å². The van der Waals surface area contributed by atoms with Crippen molar-refractivity contribution in [2.24, 2.45) is 5.92 Å². The predicted molar refractivity (Wildman–Crippen MR) is 108 cm³/mol. The highest BCUT2D eigenvalue weighted by Crippen LogP contribution is 2.27. The van der Waals surface area contributed by atoms with Crippen LogP contribution in [0.1, 0.15) is 43.9 Å². The summed E-state index contributed by atoms with van der Waals surface area (Å²) in [6, 6.07) is 5.62. The third-order valence-electron chi connectivity index (χ3n) is 5.47. The van der Waals surface area contributed by atoms with Crippen LogP contribution in [-0.2, 0) is 11.3 Å². The molecule has 1 saturated heterocycles. The van der Waals surface area contributed by atoms with Crippen LogP contribution in [0.25, 0.3) is 11.0 Å². The fourth-order valence-electron chi connectivity index (χ4n) is 3.96. The zero-order chi connectivity index (χ0) is 19.9. The van der Waals surface area contributed by atoms with Gasteiger partial charge in [0.1, 0.15) is 5.58 Å². The maximum atomic E-state index is 12.3. The van der Waals surface area contributed by atoms with Gasteiger partial charge in [0, 0.05) is 43.0 Å². The number of likely N-dealkylation sites (tertiary alicyclic amines) is 1. The van der Waals surface area contributed by atoms with Crippen LogP contribution in [0, 0.1) is 19.8 Å². The molecule has 1 aliphatic heterocycles. The molecule has 0 bridgehead atoms. The SMILES string of the molecule is Cc1cc2oc(=O)cc(CN(C)CC3CC(=O)N(C(C)(C)C)C3)c2cc1C. The van der Waals surface area contributed by atoms with Crippen LogP contribution in [-0.4, -0.2) is 41.4 Å². The van der Waals surface area contributed by atoms with Crippen molar-refractivity contribution < 1.29 is 9.21 Å². The molecule has 0 aliphatic carbocycles. The highest BCUT2D eigenvalue weighted by molar-refractivity contribution is 5.82. The number of nitrogens with zero attached hydrogens (tertiary/aromatic N) is 2. The van der Waals surface area contributed by atoms with E-state index in [9.17, 15) is 9.59 Å². The molecular formula is C22H30N2O3. The van der Waals surface area contributed by atoms with Crippen molar-refractivity contribution in [2.45, 2.75) is 53.1 Å². The van der Waals surface area contributed by atoms with Crippen LogP contribution in [0.4, 0.5) is 0 Å². The van der Waals surface area contributed by atoms with Gasteiger partial charge in [0.2, 0.25) is 5.91 Å². The minimum absolute atomic E-state index is 0.131. The summed E-state index contributed by atoms with van der Waals surface area (Å²) in [5, 5.41) is 0.989. The van der Waals surface area contributed by atoms with Crippen molar-refractivity contribution in [1.29, 1.82) is 0 Å². The van der Waals surface area contributed by atoms with Gasteiger partial charge in [-0.05, 0) is 76.4 Å². The minimum Gasteiger partial charge on any atom is -0.423 e. The van der Waals surface area contributed by atoms with E-state index in [-0.39, 0.29) is 17.1 Å². The van der Waals surface area contributed by atoms with Crippen molar-refractivity contribution in [3.8, 4) is 0 Å². The van der Waals surface area contributed by atoms with Gasteiger partial charge in [-0.25, -0.2) is 4.79 Å². The van der Waals surface area contributed by atoms with Gasteiger partial charge >= 0.3 is 5.63 Å². The summed E-state index contributed by atoms with van der Waals surface area (Å²) in [4.78, 5) is 28.5. The first kappa shape index (κ1) is 19.6. The fourth-order valence-corrected chi connectivity index (χ4v) is 3.96. The molecule has 5 heteroatoms. The van der Waals surface area contributed by atoms with Gasteiger partial charge in [-0.3, -0.25) is 4.79 Å². The maximum Gasteiger partial charge on any atom is 0.336 e. The molecule has 146 valence electrons. The van der Waals surface area contributed by atoms with Crippen molar-refractivity contribution >= 4 is 16.9 Å². The van der Waals surface area contributed by atoms with Crippen LogP contribution in [0.2, 0.25) is 0 Å². The summed E-state index contributed by atoms with van der Waals surface area (Å²) in [7, 11) is 2.05. The zero-order valence-electron chi connectivity index (χ0n) is 17.3. The molecule has 0 radical (unpaired) electrons. The number of carbonyl (C=O) groups is 1. The number of aryl methyl sites for hydroxylation is 2. The number of carbonyl (C=O) groups excluding carboxylic acids is 1. The molecule has 1 unspecified atom stereocenters. The molecule has 0 saturated carbocycles. The molecule has 2 aromatic rings. The Bertz CT molecular complexity index is 924. The van der Waals surface area contributed by atoms with Crippen molar-refractivity contribution in [3.05, 3.63) is 45.3 Å². The summed E-state index contributed by atoms with van der Waals surface area (Å²) in [5.41, 5.74) is 3.47. The van der Waals surface area contributed by atoms with E-state index in [0.717, 1.165) is 29.6 Å². The lowest BCUT2D eigenvalue weighted by Gasteiger charge is -2.32. The molecule has 2 heterocycles. The Hall–Kier alpha value is -2.14. The maximum absolute atomic E-state index is 12.3. The minimum atomic E-state index is -0.316.